The highest BCUT2D eigenvalue weighted by Gasteiger charge is 2.18. The Morgan fingerprint density at radius 2 is 2.31 bits per heavy atom. The summed E-state index contributed by atoms with van der Waals surface area (Å²) in [6.45, 7) is 0.774. The van der Waals surface area contributed by atoms with Crippen LogP contribution in [0.15, 0.2) is 29.3 Å². The lowest BCUT2D eigenvalue weighted by molar-refractivity contribution is 0.172. The molecule has 0 fully saturated rings. The molecule has 0 aromatic carbocycles. The standard InChI is InChI=1S/C12H12O2S2/c13-12(8-2-1-4-14-7-8)11-6-10-9(16-11)3-5-15-10/h3,5-7,12-13H,1-2,4H2. The van der Waals surface area contributed by atoms with Crippen LogP contribution in [-0.4, -0.2) is 11.7 Å². The van der Waals surface area contributed by atoms with Crippen LogP contribution in [-0.2, 0) is 4.74 Å². The normalized spacial score (nSPS) is 18.2. The molecule has 1 atom stereocenters. The van der Waals surface area contributed by atoms with Crippen molar-refractivity contribution in [3.8, 4) is 0 Å². The van der Waals surface area contributed by atoms with Gasteiger partial charge in [-0.05, 0) is 35.9 Å². The number of hydrogen-bond acceptors (Lipinski definition) is 4. The Balaban J connectivity index is 1.91. The number of aliphatic hydroxyl groups excluding tert-OH is 1. The molecular formula is C12H12O2S2. The maximum absolute atomic E-state index is 10.2. The Kier molecular flexibility index (Phi) is 2.71. The molecule has 16 heavy (non-hydrogen) atoms. The van der Waals surface area contributed by atoms with Gasteiger partial charge in [0.1, 0.15) is 6.10 Å². The average Bonchev–Trinajstić information content (AvgIpc) is 2.89. The predicted molar refractivity (Wildman–Crippen MR) is 67.9 cm³/mol. The molecule has 84 valence electrons. The van der Waals surface area contributed by atoms with Crippen LogP contribution in [0.1, 0.15) is 23.8 Å². The van der Waals surface area contributed by atoms with Gasteiger partial charge in [-0.3, -0.25) is 0 Å². The summed E-state index contributed by atoms with van der Waals surface area (Å²) in [6, 6.07) is 4.19. The van der Waals surface area contributed by atoms with E-state index in [4.69, 9.17) is 4.74 Å². The van der Waals surface area contributed by atoms with E-state index in [1.807, 2.05) is 0 Å². The minimum atomic E-state index is -0.482. The minimum Gasteiger partial charge on any atom is -0.501 e. The van der Waals surface area contributed by atoms with E-state index >= 15 is 0 Å². The second-order valence-electron chi connectivity index (χ2n) is 3.87. The molecule has 4 heteroatoms. The van der Waals surface area contributed by atoms with Gasteiger partial charge in [-0.1, -0.05) is 0 Å². The lowest BCUT2D eigenvalue weighted by Crippen LogP contribution is -2.06. The molecule has 3 rings (SSSR count). The summed E-state index contributed by atoms with van der Waals surface area (Å²) >= 11 is 3.39. The van der Waals surface area contributed by atoms with Gasteiger partial charge in [-0.25, -0.2) is 0 Å². The molecule has 0 amide bonds. The lowest BCUT2D eigenvalue weighted by atomic mass is 10.0. The zero-order chi connectivity index (χ0) is 11.0. The Morgan fingerprint density at radius 3 is 3.06 bits per heavy atom. The molecule has 2 aromatic rings. The maximum Gasteiger partial charge on any atom is 0.113 e. The van der Waals surface area contributed by atoms with Crippen molar-refractivity contribution in [1.82, 2.24) is 0 Å². The molecular weight excluding hydrogens is 240 g/mol. The molecule has 1 aliphatic rings. The van der Waals surface area contributed by atoms with Crippen LogP contribution in [0.2, 0.25) is 0 Å². The van der Waals surface area contributed by atoms with Crippen LogP contribution in [0.25, 0.3) is 9.40 Å². The molecule has 1 aliphatic heterocycles. The summed E-state index contributed by atoms with van der Waals surface area (Å²) in [4.78, 5) is 1.03. The maximum atomic E-state index is 10.2. The number of ether oxygens (including phenoxy) is 1. The molecule has 0 spiro atoms. The summed E-state index contributed by atoms with van der Waals surface area (Å²) in [5.74, 6) is 0. The second-order valence-corrected chi connectivity index (χ2v) is 5.93. The first-order valence-electron chi connectivity index (χ1n) is 5.30. The molecule has 0 bridgehead atoms. The van der Waals surface area contributed by atoms with Gasteiger partial charge in [0.05, 0.1) is 12.9 Å². The van der Waals surface area contributed by atoms with Crippen LogP contribution >= 0.6 is 22.7 Å². The van der Waals surface area contributed by atoms with E-state index in [1.165, 1.54) is 9.40 Å². The molecule has 1 N–H and O–H groups in total. The van der Waals surface area contributed by atoms with Crippen molar-refractivity contribution in [3.63, 3.8) is 0 Å². The molecule has 0 aliphatic carbocycles. The van der Waals surface area contributed by atoms with Crippen LogP contribution in [0.3, 0.4) is 0 Å². The van der Waals surface area contributed by atoms with E-state index in [0.29, 0.717) is 0 Å². The van der Waals surface area contributed by atoms with Gasteiger partial charge in [-0.15, -0.1) is 22.7 Å². The third-order valence-corrected chi connectivity index (χ3v) is 4.89. The Labute approximate surface area is 102 Å². The molecule has 2 nitrogen and oxygen atoms in total. The first-order chi connectivity index (χ1) is 7.84. The van der Waals surface area contributed by atoms with Crippen molar-refractivity contribution < 1.29 is 9.84 Å². The average molecular weight is 252 g/mol. The predicted octanol–water partition coefficient (Wildman–Crippen LogP) is 3.69. The number of hydrogen-bond donors (Lipinski definition) is 1. The van der Waals surface area contributed by atoms with Gasteiger partial charge in [0.25, 0.3) is 0 Å². The topological polar surface area (TPSA) is 29.5 Å². The molecule has 3 heterocycles. The van der Waals surface area contributed by atoms with Crippen molar-refractivity contribution >= 4 is 32.1 Å². The SMILES string of the molecule is OC(C1=COCCC1)c1cc2sccc2s1. The molecule has 2 aromatic heterocycles. The summed E-state index contributed by atoms with van der Waals surface area (Å²) in [5.41, 5.74) is 1.00. The van der Waals surface area contributed by atoms with Crippen molar-refractivity contribution in [1.29, 1.82) is 0 Å². The highest BCUT2D eigenvalue weighted by molar-refractivity contribution is 7.26. The largest absolute Gasteiger partial charge is 0.501 e. The zero-order valence-corrected chi connectivity index (χ0v) is 10.3. The van der Waals surface area contributed by atoms with Gasteiger partial charge in [0, 0.05) is 14.3 Å². The van der Waals surface area contributed by atoms with Crippen molar-refractivity contribution in [2.24, 2.45) is 0 Å². The lowest BCUT2D eigenvalue weighted by Gasteiger charge is -2.17. The Hall–Kier alpha value is -0.840. The summed E-state index contributed by atoms with van der Waals surface area (Å²) < 4.78 is 7.79. The van der Waals surface area contributed by atoms with E-state index in [2.05, 4.69) is 17.5 Å². The van der Waals surface area contributed by atoms with Crippen molar-refractivity contribution in [2.45, 2.75) is 18.9 Å². The number of aliphatic hydroxyl groups is 1. The van der Waals surface area contributed by atoms with Gasteiger partial charge in [-0.2, -0.15) is 0 Å². The fraction of sp³-hybridized carbons (Fsp3) is 0.333. The Morgan fingerprint density at radius 1 is 1.38 bits per heavy atom. The first kappa shape index (κ1) is 10.3. The monoisotopic (exact) mass is 252 g/mol. The molecule has 1 unspecified atom stereocenters. The minimum absolute atomic E-state index is 0.482. The highest BCUT2D eigenvalue weighted by Crippen LogP contribution is 2.37. The van der Waals surface area contributed by atoms with Gasteiger partial charge in [0.15, 0.2) is 0 Å². The van der Waals surface area contributed by atoms with Crippen LogP contribution in [0, 0.1) is 0 Å². The summed E-state index contributed by atoms with van der Waals surface area (Å²) in [5, 5.41) is 12.3. The fourth-order valence-electron chi connectivity index (χ4n) is 1.89. The fourth-order valence-corrected chi connectivity index (χ4v) is 4.04. The Bertz CT molecular complexity index is 495. The first-order valence-corrected chi connectivity index (χ1v) is 7.00. The van der Waals surface area contributed by atoms with E-state index in [0.717, 1.165) is 29.9 Å². The van der Waals surface area contributed by atoms with Crippen LogP contribution in [0.5, 0.6) is 0 Å². The van der Waals surface area contributed by atoms with Crippen LogP contribution in [0.4, 0.5) is 0 Å². The quantitative estimate of drug-likeness (QED) is 0.883. The van der Waals surface area contributed by atoms with Crippen molar-refractivity contribution in [3.05, 3.63) is 34.2 Å². The summed E-state index contributed by atoms with van der Waals surface area (Å²) in [6.07, 6.45) is 3.18. The number of thiophene rings is 2. The van der Waals surface area contributed by atoms with Gasteiger partial charge >= 0.3 is 0 Å². The number of rotatable bonds is 2. The zero-order valence-electron chi connectivity index (χ0n) is 8.68. The van der Waals surface area contributed by atoms with Gasteiger partial charge in [0.2, 0.25) is 0 Å². The molecule has 0 saturated heterocycles. The van der Waals surface area contributed by atoms with Crippen LogP contribution < -0.4 is 0 Å². The van der Waals surface area contributed by atoms with E-state index in [9.17, 15) is 5.11 Å². The van der Waals surface area contributed by atoms with E-state index in [-0.39, 0.29) is 0 Å². The van der Waals surface area contributed by atoms with Gasteiger partial charge < -0.3 is 9.84 Å². The third kappa shape index (κ3) is 1.77. The van der Waals surface area contributed by atoms with Crippen molar-refractivity contribution in [2.75, 3.05) is 6.61 Å². The second kappa shape index (κ2) is 4.20. The van der Waals surface area contributed by atoms with E-state index in [1.54, 1.807) is 28.9 Å². The summed E-state index contributed by atoms with van der Waals surface area (Å²) in [7, 11) is 0. The smallest absolute Gasteiger partial charge is 0.113 e. The number of fused-ring (bicyclic) bond motifs is 1. The molecule has 0 radical (unpaired) electrons. The third-order valence-electron chi connectivity index (χ3n) is 2.74. The highest BCUT2D eigenvalue weighted by atomic mass is 32.1. The van der Waals surface area contributed by atoms with E-state index < -0.39 is 6.10 Å². The molecule has 0 saturated carbocycles.